The molecule has 3 fully saturated rings. The molecule has 3 heterocycles. The van der Waals surface area contributed by atoms with Gasteiger partial charge >= 0.3 is 0 Å². The van der Waals surface area contributed by atoms with Crippen molar-refractivity contribution in [1.29, 1.82) is 0 Å². The molecule has 0 aromatic carbocycles. The highest BCUT2D eigenvalue weighted by Gasteiger charge is 2.53. The summed E-state index contributed by atoms with van der Waals surface area (Å²) in [6.45, 7) is 1.52. The standard InChI is InChI=1S/C47H87NO18/c1-3-5-7-9-10-11-12-13-14-15-16-17-18-19-20-21-23-25-35(53)48-30(31(52)24-22-8-6-4-2)29-61-45-41(59)38(56)43(33(27-50)63-45)66-47-42(60)39(57)44(34(28-51)64-47)65-46-40(58)37(55)36(54)32(26-49)62-46/h22,24,30-34,36-47,49-52,54-60H,3-21,23,25-29H2,1-2H3,(H,48,53)/b24-22+. The molecular formula is C47H87NO18. The number of carbonyl (C=O) groups is 1. The van der Waals surface area contributed by atoms with Crippen LogP contribution in [0.2, 0.25) is 0 Å². The van der Waals surface area contributed by atoms with E-state index in [1.54, 1.807) is 6.08 Å². The highest BCUT2D eigenvalue weighted by molar-refractivity contribution is 5.76. The summed E-state index contributed by atoms with van der Waals surface area (Å²) in [5.41, 5.74) is 0. The Morgan fingerprint density at radius 3 is 1.41 bits per heavy atom. The summed E-state index contributed by atoms with van der Waals surface area (Å²) in [4.78, 5) is 13.1. The van der Waals surface area contributed by atoms with Gasteiger partial charge in [0.15, 0.2) is 18.9 Å². The average molecular weight is 954 g/mol. The van der Waals surface area contributed by atoms with Crippen molar-refractivity contribution in [2.75, 3.05) is 26.4 Å². The van der Waals surface area contributed by atoms with E-state index in [0.717, 1.165) is 32.1 Å². The Morgan fingerprint density at radius 1 is 0.530 bits per heavy atom. The molecule has 0 aromatic heterocycles. The molecule has 0 bridgehead atoms. The first kappa shape index (κ1) is 58.8. The minimum absolute atomic E-state index is 0.246. The Bertz CT molecular complexity index is 1280. The number of hydrogen-bond donors (Lipinski definition) is 12. The predicted molar refractivity (Wildman–Crippen MR) is 240 cm³/mol. The van der Waals surface area contributed by atoms with Crippen molar-refractivity contribution in [3.05, 3.63) is 12.2 Å². The molecule has 0 aromatic rings. The van der Waals surface area contributed by atoms with Gasteiger partial charge in [0, 0.05) is 6.42 Å². The largest absolute Gasteiger partial charge is 0.394 e. The van der Waals surface area contributed by atoms with Crippen LogP contribution < -0.4 is 5.32 Å². The summed E-state index contributed by atoms with van der Waals surface area (Å²) in [6, 6.07) is -0.962. The van der Waals surface area contributed by atoms with E-state index in [4.69, 9.17) is 28.4 Å². The minimum Gasteiger partial charge on any atom is -0.394 e. The lowest BCUT2D eigenvalue weighted by Gasteiger charge is -2.48. The van der Waals surface area contributed by atoms with Gasteiger partial charge in [0.25, 0.3) is 0 Å². The quantitative estimate of drug-likeness (QED) is 0.0317. The van der Waals surface area contributed by atoms with Gasteiger partial charge in [-0.3, -0.25) is 4.79 Å². The molecule has 1 amide bonds. The topological polar surface area (TPSA) is 307 Å². The fourth-order valence-corrected chi connectivity index (χ4v) is 8.59. The van der Waals surface area contributed by atoms with Crippen molar-refractivity contribution in [1.82, 2.24) is 5.32 Å². The second kappa shape index (κ2) is 33.2. The van der Waals surface area contributed by atoms with Crippen molar-refractivity contribution in [2.45, 2.75) is 253 Å². The van der Waals surface area contributed by atoms with E-state index < -0.39 is 124 Å². The first-order chi connectivity index (χ1) is 31.8. The number of hydrogen-bond acceptors (Lipinski definition) is 18. The number of rotatable bonds is 34. The Kier molecular flexibility index (Phi) is 29.6. The lowest BCUT2D eigenvalue weighted by Crippen LogP contribution is -2.66. The molecule has 0 radical (unpaired) electrons. The summed E-state index contributed by atoms with van der Waals surface area (Å²) in [6.07, 6.45) is 0.273. The van der Waals surface area contributed by atoms with Crippen molar-refractivity contribution in [2.24, 2.45) is 0 Å². The molecule has 19 heteroatoms. The van der Waals surface area contributed by atoms with Gasteiger partial charge in [0.05, 0.1) is 38.6 Å². The third-order valence-electron chi connectivity index (χ3n) is 12.8. The van der Waals surface area contributed by atoms with Crippen LogP contribution >= 0.6 is 0 Å². The molecule has 3 aliphatic heterocycles. The van der Waals surface area contributed by atoms with Crippen LogP contribution in [0.15, 0.2) is 12.2 Å². The zero-order chi connectivity index (χ0) is 48.4. The van der Waals surface area contributed by atoms with Crippen molar-refractivity contribution in [3.63, 3.8) is 0 Å². The van der Waals surface area contributed by atoms with Gasteiger partial charge in [-0.1, -0.05) is 142 Å². The molecule has 19 nitrogen and oxygen atoms in total. The normalized spacial score (nSPS) is 33.9. The van der Waals surface area contributed by atoms with Crippen LogP contribution in [0.3, 0.4) is 0 Å². The maximum atomic E-state index is 13.1. The van der Waals surface area contributed by atoms with Crippen LogP contribution in [-0.2, 0) is 33.2 Å². The Hall–Kier alpha value is -1.47. The molecule has 66 heavy (non-hydrogen) atoms. The van der Waals surface area contributed by atoms with Crippen LogP contribution in [0.25, 0.3) is 0 Å². The number of allylic oxidation sites excluding steroid dienone is 1. The summed E-state index contributed by atoms with van der Waals surface area (Å²) in [5, 5.41) is 119. The maximum Gasteiger partial charge on any atom is 0.220 e. The molecular weight excluding hydrogens is 867 g/mol. The number of aliphatic hydroxyl groups is 11. The summed E-state index contributed by atoms with van der Waals surface area (Å²) >= 11 is 0. The van der Waals surface area contributed by atoms with E-state index in [2.05, 4.69) is 12.2 Å². The molecule has 12 N–H and O–H groups in total. The first-order valence-electron chi connectivity index (χ1n) is 24.9. The fourth-order valence-electron chi connectivity index (χ4n) is 8.59. The number of amides is 1. The van der Waals surface area contributed by atoms with Crippen LogP contribution in [0.1, 0.15) is 149 Å². The van der Waals surface area contributed by atoms with Gasteiger partial charge in [0.2, 0.25) is 5.91 Å². The summed E-state index contributed by atoms with van der Waals surface area (Å²) < 4.78 is 33.9. The zero-order valence-corrected chi connectivity index (χ0v) is 39.4. The molecule has 388 valence electrons. The second-order valence-electron chi connectivity index (χ2n) is 18.3. The van der Waals surface area contributed by atoms with Crippen LogP contribution in [0.5, 0.6) is 0 Å². The van der Waals surface area contributed by atoms with Gasteiger partial charge in [-0.2, -0.15) is 0 Å². The third kappa shape index (κ3) is 19.4. The fraction of sp³-hybridized carbons (Fsp3) is 0.936. The van der Waals surface area contributed by atoms with E-state index in [0.29, 0.717) is 12.8 Å². The van der Waals surface area contributed by atoms with Crippen LogP contribution in [-0.4, -0.2) is 193 Å². The highest BCUT2D eigenvalue weighted by atomic mass is 16.8. The molecule has 0 saturated carbocycles. The van der Waals surface area contributed by atoms with E-state index in [-0.39, 0.29) is 18.9 Å². The Balaban J connectivity index is 1.47. The average Bonchev–Trinajstić information content (AvgIpc) is 3.31. The predicted octanol–water partition coefficient (Wildman–Crippen LogP) is 1.09. The summed E-state index contributed by atoms with van der Waals surface area (Å²) in [7, 11) is 0. The van der Waals surface area contributed by atoms with E-state index in [9.17, 15) is 61.0 Å². The second-order valence-corrected chi connectivity index (χ2v) is 18.3. The van der Waals surface area contributed by atoms with Gasteiger partial charge in [-0.15, -0.1) is 0 Å². The molecule has 0 spiro atoms. The van der Waals surface area contributed by atoms with Crippen LogP contribution in [0.4, 0.5) is 0 Å². The Morgan fingerprint density at radius 2 is 0.939 bits per heavy atom. The number of ether oxygens (including phenoxy) is 6. The number of aliphatic hydroxyl groups excluding tert-OH is 11. The van der Waals surface area contributed by atoms with Crippen molar-refractivity contribution >= 4 is 5.91 Å². The SMILES string of the molecule is CCCC/C=C/C(O)C(COC1OC(CO)C(OC2OC(CO)C(OC3OC(CO)C(O)C(O)C3O)C(O)C2O)C(O)C1O)NC(=O)CCCCCCCCCCCCCCCCCCC. The lowest BCUT2D eigenvalue weighted by atomic mass is 9.96. The number of unbranched alkanes of at least 4 members (excludes halogenated alkanes) is 18. The van der Waals surface area contributed by atoms with E-state index in [1.165, 1.54) is 83.5 Å². The van der Waals surface area contributed by atoms with Gasteiger partial charge in [-0.25, -0.2) is 0 Å². The molecule has 17 atom stereocenters. The highest BCUT2D eigenvalue weighted by Crippen LogP contribution is 2.33. The first-order valence-corrected chi connectivity index (χ1v) is 24.9. The third-order valence-corrected chi connectivity index (χ3v) is 12.8. The monoisotopic (exact) mass is 954 g/mol. The van der Waals surface area contributed by atoms with Crippen molar-refractivity contribution < 1.29 is 89.4 Å². The van der Waals surface area contributed by atoms with Gasteiger partial charge in [0.1, 0.15) is 73.2 Å². The molecule has 17 unspecified atom stereocenters. The van der Waals surface area contributed by atoms with E-state index in [1.807, 2.05) is 13.0 Å². The molecule has 3 rings (SSSR count). The van der Waals surface area contributed by atoms with Gasteiger partial charge < -0.3 is 89.9 Å². The number of nitrogens with one attached hydrogen (secondary N) is 1. The zero-order valence-electron chi connectivity index (χ0n) is 39.4. The van der Waals surface area contributed by atoms with Gasteiger partial charge in [-0.05, 0) is 12.8 Å². The lowest BCUT2D eigenvalue weighted by molar-refractivity contribution is -0.379. The number of carbonyl (C=O) groups excluding carboxylic acids is 1. The van der Waals surface area contributed by atoms with Crippen molar-refractivity contribution in [3.8, 4) is 0 Å². The smallest absolute Gasteiger partial charge is 0.220 e. The molecule has 3 saturated heterocycles. The maximum absolute atomic E-state index is 13.1. The van der Waals surface area contributed by atoms with E-state index >= 15 is 0 Å². The van der Waals surface area contributed by atoms with Crippen LogP contribution in [0, 0.1) is 0 Å². The summed E-state index contributed by atoms with van der Waals surface area (Å²) in [5.74, 6) is -0.285. The minimum atomic E-state index is -1.97. The molecule has 3 aliphatic rings. The Labute approximate surface area is 391 Å². The molecule has 0 aliphatic carbocycles.